The summed E-state index contributed by atoms with van der Waals surface area (Å²) in [5, 5.41) is 10.8. The minimum Gasteiger partial charge on any atom is -0.389 e. The Kier molecular flexibility index (Phi) is 4.12. The number of fused-ring (bicyclic) bond motifs is 1. The van der Waals surface area contributed by atoms with Gasteiger partial charge in [-0.25, -0.2) is 4.98 Å². The summed E-state index contributed by atoms with van der Waals surface area (Å²) in [5.41, 5.74) is 0.961. The number of aliphatic hydroxyl groups is 1. The Balaban J connectivity index is 2.15. The summed E-state index contributed by atoms with van der Waals surface area (Å²) in [6.45, 7) is 0.830. The Morgan fingerprint density at radius 3 is 2.83 bits per heavy atom. The Morgan fingerprint density at radius 2 is 2.06 bits per heavy atom. The molecule has 4 nitrogen and oxygen atoms in total. The number of benzene rings is 1. The van der Waals surface area contributed by atoms with E-state index in [4.69, 9.17) is 4.74 Å². The van der Waals surface area contributed by atoms with Crippen molar-refractivity contribution in [3.8, 4) is 0 Å². The van der Waals surface area contributed by atoms with Crippen LogP contribution in [-0.2, 0) is 4.74 Å². The topological polar surface area (TPSA) is 45.6 Å². The quantitative estimate of drug-likeness (QED) is 0.872. The second-order valence-corrected chi connectivity index (χ2v) is 4.35. The van der Waals surface area contributed by atoms with Crippen LogP contribution < -0.4 is 4.90 Å². The SMILES string of the molecule is COCC(O)CN(C)c1ccc2ccccc2n1. The molecule has 1 aromatic carbocycles. The van der Waals surface area contributed by atoms with Crippen molar-refractivity contribution in [1.29, 1.82) is 0 Å². The molecule has 0 radical (unpaired) electrons. The van der Waals surface area contributed by atoms with Gasteiger partial charge in [-0.15, -0.1) is 0 Å². The summed E-state index contributed by atoms with van der Waals surface area (Å²) in [6.07, 6.45) is -0.506. The molecular formula is C14H18N2O2. The molecule has 1 aromatic heterocycles. The number of hydrogen-bond donors (Lipinski definition) is 1. The molecule has 0 amide bonds. The van der Waals surface area contributed by atoms with Crippen LogP contribution in [0.4, 0.5) is 5.82 Å². The molecule has 1 heterocycles. The van der Waals surface area contributed by atoms with E-state index in [1.54, 1.807) is 7.11 Å². The summed E-state index contributed by atoms with van der Waals surface area (Å²) in [5.74, 6) is 0.851. The second kappa shape index (κ2) is 5.80. The molecule has 0 spiro atoms. The first-order valence-corrected chi connectivity index (χ1v) is 5.94. The molecule has 2 rings (SSSR count). The number of aliphatic hydroxyl groups excluding tert-OH is 1. The van der Waals surface area contributed by atoms with Gasteiger partial charge in [-0.2, -0.15) is 0 Å². The number of anilines is 1. The molecule has 18 heavy (non-hydrogen) atoms. The third-order valence-corrected chi connectivity index (χ3v) is 2.82. The molecular weight excluding hydrogens is 228 g/mol. The lowest BCUT2D eigenvalue weighted by Gasteiger charge is -2.21. The fraction of sp³-hybridized carbons (Fsp3) is 0.357. The van der Waals surface area contributed by atoms with Crippen molar-refractivity contribution in [3.63, 3.8) is 0 Å². The van der Waals surface area contributed by atoms with Crippen LogP contribution in [0, 0.1) is 0 Å². The lowest BCUT2D eigenvalue weighted by Crippen LogP contribution is -2.32. The predicted octanol–water partition coefficient (Wildman–Crippen LogP) is 1.68. The maximum absolute atomic E-state index is 9.70. The van der Waals surface area contributed by atoms with Crippen LogP contribution in [-0.4, -0.2) is 43.5 Å². The fourth-order valence-corrected chi connectivity index (χ4v) is 1.92. The van der Waals surface area contributed by atoms with E-state index < -0.39 is 6.10 Å². The molecule has 4 heteroatoms. The number of ether oxygens (including phenoxy) is 1. The van der Waals surface area contributed by atoms with E-state index in [2.05, 4.69) is 4.98 Å². The molecule has 0 fully saturated rings. The van der Waals surface area contributed by atoms with Crippen molar-refractivity contribution >= 4 is 16.7 Å². The number of hydrogen-bond acceptors (Lipinski definition) is 4. The second-order valence-electron chi connectivity index (χ2n) is 4.35. The number of rotatable bonds is 5. The van der Waals surface area contributed by atoms with Gasteiger partial charge in [0.05, 0.1) is 18.2 Å². The standard InChI is InChI=1S/C14H18N2O2/c1-16(9-12(17)10-18-2)14-8-7-11-5-3-4-6-13(11)15-14/h3-8,12,17H,9-10H2,1-2H3. The van der Waals surface area contributed by atoms with Gasteiger partial charge in [-0.1, -0.05) is 18.2 Å². The van der Waals surface area contributed by atoms with Crippen LogP contribution in [0.2, 0.25) is 0 Å². The molecule has 1 unspecified atom stereocenters. The van der Waals surface area contributed by atoms with Crippen molar-refractivity contribution < 1.29 is 9.84 Å². The first-order valence-electron chi connectivity index (χ1n) is 5.94. The van der Waals surface area contributed by atoms with Crippen molar-refractivity contribution in [2.75, 3.05) is 32.2 Å². The average molecular weight is 246 g/mol. The third-order valence-electron chi connectivity index (χ3n) is 2.82. The largest absolute Gasteiger partial charge is 0.389 e. The first-order chi connectivity index (χ1) is 8.70. The maximum Gasteiger partial charge on any atom is 0.129 e. The van der Waals surface area contributed by atoms with Crippen LogP contribution in [0.1, 0.15) is 0 Å². The van der Waals surface area contributed by atoms with E-state index in [-0.39, 0.29) is 0 Å². The lowest BCUT2D eigenvalue weighted by molar-refractivity contribution is 0.0694. The molecule has 0 aliphatic rings. The first kappa shape index (κ1) is 12.8. The zero-order chi connectivity index (χ0) is 13.0. The zero-order valence-corrected chi connectivity index (χ0v) is 10.7. The van der Waals surface area contributed by atoms with Crippen LogP contribution in [0.3, 0.4) is 0 Å². The van der Waals surface area contributed by atoms with Gasteiger partial charge in [0.15, 0.2) is 0 Å². The maximum atomic E-state index is 9.70. The molecule has 0 aliphatic heterocycles. The third kappa shape index (κ3) is 2.97. The normalized spacial score (nSPS) is 12.6. The summed E-state index contributed by atoms with van der Waals surface area (Å²) in [6, 6.07) is 12.0. The van der Waals surface area contributed by atoms with Gasteiger partial charge in [-0.3, -0.25) is 0 Å². The van der Waals surface area contributed by atoms with Gasteiger partial charge >= 0.3 is 0 Å². The molecule has 0 saturated heterocycles. The highest BCUT2D eigenvalue weighted by Crippen LogP contribution is 2.17. The molecule has 96 valence electrons. The van der Waals surface area contributed by atoms with Crippen LogP contribution in [0.25, 0.3) is 10.9 Å². The minimum atomic E-state index is -0.506. The van der Waals surface area contributed by atoms with E-state index >= 15 is 0 Å². The summed E-state index contributed by atoms with van der Waals surface area (Å²) < 4.78 is 4.91. The highest BCUT2D eigenvalue weighted by Gasteiger charge is 2.09. The van der Waals surface area contributed by atoms with Crippen molar-refractivity contribution in [2.24, 2.45) is 0 Å². The number of aromatic nitrogens is 1. The van der Waals surface area contributed by atoms with Gasteiger partial charge < -0.3 is 14.7 Å². The van der Waals surface area contributed by atoms with Gasteiger partial charge in [-0.05, 0) is 18.2 Å². The Labute approximate surface area is 107 Å². The van der Waals surface area contributed by atoms with E-state index in [0.717, 1.165) is 16.7 Å². The Hall–Kier alpha value is -1.65. The van der Waals surface area contributed by atoms with Gasteiger partial charge in [0.25, 0.3) is 0 Å². The summed E-state index contributed by atoms with van der Waals surface area (Å²) in [4.78, 5) is 6.49. The minimum absolute atomic E-state index is 0.331. The van der Waals surface area contributed by atoms with Gasteiger partial charge in [0.2, 0.25) is 0 Å². The predicted molar refractivity (Wildman–Crippen MR) is 72.9 cm³/mol. The van der Waals surface area contributed by atoms with Crippen molar-refractivity contribution in [3.05, 3.63) is 36.4 Å². The highest BCUT2D eigenvalue weighted by molar-refractivity contribution is 5.80. The number of likely N-dealkylation sites (N-methyl/N-ethyl adjacent to an activating group) is 1. The molecule has 0 bridgehead atoms. The molecule has 0 aliphatic carbocycles. The van der Waals surface area contributed by atoms with Crippen LogP contribution in [0.15, 0.2) is 36.4 Å². The van der Waals surface area contributed by atoms with Gasteiger partial charge in [0.1, 0.15) is 5.82 Å². The zero-order valence-electron chi connectivity index (χ0n) is 10.7. The summed E-state index contributed by atoms with van der Waals surface area (Å²) >= 11 is 0. The van der Waals surface area contributed by atoms with Crippen molar-refractivity contribution in [2.45, 2.75) is 6.10 Å². The van der Waals surface area contributed by atoms with E-state index in [1.807, 2.05) is 48.3 Å². The van der Waals surface area contributed by atoms with E-state index in [0.29, 0.717) is 13.2 Å². The van der Waals surface area contributed by atoms with Gasteiger partial charge in [0, 0.05) is 26.1 Å². The van der Waals surface area contributed by atoms with E-state index in [1.165, 1.54) is 0 Å². The Bertz CT molecular complexity index is 516. The number of methoxy groups -OCH3 is 1. The number of nitrogens with zero attached hydrogens (tertiary/aromatic N) is 2. The number of pyridine rings is 1. The molecule has 1 atom stereocenters. The monoisotopic (exact) mass is 246 g/mol. The van der Waals surface area contributed by atoms with E-state index in [9.17, 15) is 5.11 Å². The van der Waals surface area contributed by atoms with Crippen LogP contribution in [0.5, 0.6) is 0 Å². The smallest absolute Gasteiger partial charge is 0.129 e. The summed E-state index contributed by atoms with van der Waals surface area (Å²) in [7, 11) is 3.49. The fourth-order valence-electron chi connectivity index (χ4n) is 1.92. The average Bonchev–Trinajstić information content (AvgIpc) is 2.38. The van der Waals surface area contributed by atoms with Crippen molar-refractivity contribution in [1.82, 2.24) is 4.98 Å². The lowest BCUT2D eigenvalue weighted by atomic mass is 10.2. The Morgan fingerprint density at radius 1 is 1.28 bits per heavy atom. The molecule has 2 aromatic rings. The van der Waals surface area contributed by atoms with Crippen LogP contribution >= 0.6 is 0 Å². The molecule has 0 saturated carbocycles. The molecule has 1 N–H and O–H groups in total. The highest BCUT2D eigenvalue weighted by atomic mass is 16.5. The number of para-hydroxylation sites is 1.